The average molecular weight is 183 g/mol. The molecule has 0 aliphatic heterocycles. The molecule has 0 amide bonds. The van der Waals surface area contributed by atoms with Crippen molar-refractivity contribution >= 4 is 0 Å². The van der Waals surface area contributed by atoms with E-state index in [0.29, 0.717) is 18.4 Å². The summed E-state index contributed by atoms with van der Waals surface area (Å²) in [5, 5.41) is 7.02. The molecule has 1 rings (SSSR count). The van der Waals surface area contributed by atoms with Crippen LogP contribution in [0, 0.1) is 5.92 Å². The van der Waals surface area contributed by atoms with Crippen LogP contribution in [-0.4, -0.2) is 16.7 Å². The van der Waals surface area contributed by atoms with Crippen molar-refractivity contribution in [3.05, 3.63) is 11.7 Å². The van der Waals surface area contributed by atoms with E-state index < -0.39 is 0 Å². The van der Waals surface area contributed by atoms with E-state index in [1.54, 1.807) is 0 Å². The zero-order chi connectivity index (χ0) is 9.68. The molecule has 1 heterocycles. The van der Waals surface area contributed by atoms with Gasteiger partial charge in [-0.25, -0.2) is 0 Å². The van der Waals surface area contributed by atoms with Crippen LogP contribution in [0.2, 0.25) is 0 Å². The van der Waals surface area contributed by atoms with Crippen LogP contribution in [0.5, 0.6) is 0 Å². The zero-order valence-corrected chi connectivity index (χ0v) is 8.50. The molecule has 0 aliphatic carbocycles. The van der Waals surface area contributed by atoms with Gasteiger partial charge in [-0.1, -0.05) is 25.9 Å². The molecule has 0 atom stereocenters. The van der Waals surface area contributed by atoms with Crippen molar-refractivity contribution < 1.29 is 4.52 Å². The second-order valence-electron chi connectivity index (χ2n) is 3.48. The van der Waals surface area contributed by atoms with E-state index in [4.69, 9.17) is 4.52 Å². The Morgan fingerprint density at radius 3 is 2.85 bits per heavy atom. The molecule has 0 aliphatic rings. The summed E-state index contributed by atoms with van der Waals surface area (Å²) in [6.45, 7) is 7.91. The summed E-state index contributed by atoms with van der Waals surface area (Å²) in [7, 11) is 0. The summed E-state index contributed by atoms with van der Waals surface area (Å²) in [6, 6.07) is 0. The maximum Gasteiger partial charge on any atom is 0.240 e. The van der Waals surface area contributed by atoms with E-state index in [-0.39, 0.29) is 0 Å². The van der Waals surface area contributed by atoms with Gasteiger partial charge >= 0.3 is 0 Å². The van der Waals surface area contributed by atoms with Crippen molar-refractivity contribution in [2.45, 2.75) is 33.7 Å². The molecule has 0 bridgehead atoms. The monoisotopic (exact) mass is 183 g/mol. The molecule has 0 unspecified atom stereocenters. The third-order valence-electron chi connectivity index (χ3n) is 1.63. The van der Waals surface area contributed by atoms with Crippen LogP contribution in [0.1, 0.15) is 32.5 Å². The topological polar surface area (TPSA) is 51.0 Å². The third-order valence-corrected chi connectivity index (χ3v) is 1.63. The van der Waals surface area contributed by atoms with Crippen molar-refractivity contribution in [3.63, 3.8) is 0 Å². The first-order chi connectivity index (χ1) is 6.22. The fraction of sp³-hybridized carbons (Fsp3) is 0.778. The van der Waals surface area contributed by atoms with Gasteiger partial charge in [0.05, 0.1) is 6.54 Å². The number of nitrogens with one attached hydrogen (secondary N) is 1. The lowest BCUT2D eigenvalue weighted by molar-refractivity contribution is 0.362. The third kappa shape index (κ3) is 3.55. The molecule has 0 spiro atoms. The Morgan fingerprint density at radius 2 is 2.23 bits per heavy atom. The normalized spacial score (nSPS) is 11.1. The SMILES string of the molecule is CCNCc1nc(CC(C)C)no1. The standard InChI is InChI=1S/C9H17N3O/c1-4-10-6-9-11-8(12-13-9)5-7(2)3/h7,10H,4-6H2,1-3H3. The lowest BCUT2D eigenvalue weighted by Crippen LogP contribution is -2.11. The first-order valence-corrected chi connectivity index (χ1v) is 4.74. The second-order valence-corrected chi connectivity index (χ2v) is 3.48. The molecular weight excluding hydrogens is 166 g/mol. The Morgan fingerprint density at radius 1 is 1.46 bits per heavy atom. The van der Waals surface area contributed by atoms with Crippen LogP contribution >= 0.6 is 0 Å². The number of aromatic nitrogens is 2. The number of nitrogens with zero attached hydrogens (tertiary/aromatic N) is 2. The van der Waals surface area contributed by atoms with Crippen LogP contribution in [0.25, 0.3) is 0 Å². The molecule has 0 aromatic carbocycles. The zero-order valence-electron chi connectivity index (χ0n) is 8.50. The van der Waals surface area contributed by atoms with Gasteiger partial charge in [0.25, 0.3) is 0 Å². The molecule has 4 nitrogen and oxygen atoms in total. The number of hydrogen-bond donors (Lipinski definition) is 1. The quantitative estimate of drug-likeness (QED) is 0.749. The minimum atomic E-state index is 0.574. The fourth-order valence-corrected chi connectivity index (χ4v) is 1.04. The van der Waals surface area contributed by atoms with E-state index in [9.17, 15) is 0 Å². The van der Waals surface area contributed by atoms with Gasteiger partial charge in [0.2, 0.25) is 5.89 Å². The van der Waals surface area contributed by atoms with Gasteiger partial charge < -0.3 is 9.84 Å². The van der Waals surface area contributed by atoms with Crippen LogP contribution in [0.3, 0.4) is 0 Å². The Kier molecular flexibility index (Phi) is 3.89. The molecule has 0 fully saturated rings. The highest BCUT2D eigenvalue weighted by Crippen LogP contribution is 2.04. The van der Waals surface area contributed by atoms with Gasteiger partial charge in [-0.2, -0.15) is 4.98 Å². The summed E-state index contributed by atoms with van der Waals surface area (Å²) >= 11 is 0. The van der Waals surface area contributed by atoms with Gasteiger partial charge in [-0.15, -0.1) is 0 Å². The van der Waals surface area contributed by atoms with E-state index in [1.807, 2.05) is 6.92 Å². The van der Waals surface area contributed by atoms with Crippen LogP contribution in [-0.2, 0) is 13.0 Å². The molecular formula is C9H17N3O. The summed E-state index contributed by atoms with van der Waals surface area (Å²) in [5.41, 5.74) is 0. The molecule has 0 saturated heterocycles. The van der Waals surface area contributed by atoms with Crippen molar-refractivity contribution in [2.24, 2.45) is 5.92 Å². The predicted molar refractivity (Wildman–Crippen MR) is 50.2 cm³/mol. The maximum atomic E-state index is 5.04. The Bertz CT molecular complexity index is 245. The highest BCUT2D eigenvalue weighted by atomic mass is 16.5. The molecule has 1 aromatic heterocycles. The second kappa shape index (κ2) is 4.97. The molecule has 0 radical (unpaired) electrons. The summed E-state index contributed by atoms with van der Waals surface area (Å²) in [5.74, 6) is 2.06. The van der Waals surface area contributed by atoms with Crippen LogP contribution < -0.4 is 5.32 Å². The molecule has 74 valence electrons. The Hall–Kier alpha value is -0.900. The smallest absolute Gasteiger partial charge is 0.240 e. The van der Waals surface area contributed by atoms with E-state index in [0.717, 1.165) is 18.8 Å². The average Bonchev–Trinajstić information content (AvgIpc) is 2.48. The highest BCUT2D eigenvalue weighted by Gasteiger charge is 2.06. The summed E-state index contributed by atoms with van der Waals surface area (Å²) in [4.78, 5) is 4.25. The van der Waals surface area contributed by atoms with Gasteiger partial charge in [-0.05, 0) is 12.5 Å². The first-order valence-electron chi connectivity index (χ1n) is 4.74. The largest absolute Gasteiger partial charge is 0.338 e. The minimum absolute atomic E-state index is 0.574. The lowest BCUT2D eigenvalue weighted by Gasteiger charge is -1.96. The van der Waals surface area contributed by atoms with Gasteiger partial charge in [0, 0.05) is 6.42 Å². The predicted octanol–water partition coefficient (Wildman–Crippen LogP) is 1.38. The Balaban J connectivity index is 2.44. The van der Waals surface area contributed by atoms with Gasteiger partial charge in [0.15, 0.2) is 5.82 Å². The lowest BCUT2D eigenvalue weighted by atomic mass is 10.1. The molecule has 1 N–H and O–H groups in total. The van der Waals surface area contributed by atoms with Crippen molar-refractivity contribution in [3.8, 4) is 0 Å². The first kappa shape index (κ1) is 10.2. The summed E-state index contributed by atoms with van der Waals surface area (Å²) < 4.78 is 5.04. The number of hydrogen-bond acceptors (Lipinski definition) is 4. The molecule has 0 saturated carbocycles. The minimum Gasteiger partial charge on any atom is -0.338 e. The van der Waals surface area contributed by atoms with Crippen LogP contribution in [0.15, 0.2) is 4.52 Å². The molecule has 4 heteroatoms. The molecule has 13 heavy (non-hydrogen) atoms. The van der Waals surface area contributed by atoms with Crippen molar-refractivity contribution in [1.29, 1.82) is 0 Å². The number of rotatable bonds is 5. The van der Waals surface area contributed by atoms with Crippen LogP contribution in [0.4, 0.5) is 0 Å². The Labute approximate surface area is 78.7 Å². The van der Waals surface area contributed by atoms with E-state index in [1.165, 1.54) is 0 Å². The maximum absolute atomic E-state index is 5.04. The van der Waals surface area contributed by atoms with Crippen molar-refractivity contribution in [1.82, 2.24) is 15.5 Å². The van der Waals surface area contributed by atoms with Crippen molar-refractivity contribution in [2.75, 3.05) is 6.54 Å². The molecule has 1 aromatic rings. The van der Waals surface area contributed by atoms with Gasteiger partial charge in [-0.3, -0.25) is 0 Å². The van der Waals surface area contributed by atoms with E-state index in [2.05, 4.69) is 29.3 Å². The van der Waals surface area contributed by atoms with E-state index >= 15 is 0 Å². The fourth-order valence-electron chi connectivity index (χ4n) is 1.04. The van der Waals surface area contributed by atoms with Gasteiger partial charge in [0.1, 0.15) is 0 Å². The highest BCUT2D eigenvalue weighted by molar-refractivity contribution is 4.86. The summed E-state index contributed by atoms with van der Waals surface area (Å²) in [6.07, 6.45) is 0.885.